The highest BCUT2D eigenvalue weighted by Gasteiger charge is 2.22. The number of sulfonamides is 1. The molecule has 1 N–H and O–H groups in total. The van der Waals surface area contributed by atoms with Gasteiger partial charge in [-0.3, -0.25) is 4.90 Å². The molecule has 0 aromatic heterocycles. The number of ether oxygens (including phenoxy) is 1. The molecule has 1 saturated heterocycles. The van der Waals surface area contributed by atoms with E-state index in [0.717, 1.165) is 35.3 Å². The maximum Gasteiger partial charge on any atom is 0.215 e. The van der Waals surface area contributed by atoms with E-state index in [0.29, 0.717) is 19.7 Å². The lowest BCUT2D eigenvalue weighted by Gasteiger charge is -2.33. The van der Waals surface area contributed by atoms with Gasteiger partial charge in [-0.15, -0.1) is 0 Å². The van der Waals surface area contributed by atoms with Gasteiger partial charge < -0.3 is 4.74 Å². The standard InChI is InChI=1S/C21H28N2O3S/c1-17-8-9-18(2)20(14-17)16-27(24,25)22-10-11-23-12-13-26-21(15-23)19-6-4-3-5-7-19/h3-9,14,21-22H,10-13,15-16H2,1-2H3. The molecule has 2 aromatic carbocycles. The molecule has 0 aliphatic carbocycles. The molecule has 0 radical (unpaired) electrons. The van der Waals surface area contributed by atoms with Gasteiger partial charge in [0.1, 0.15) is 0 Å². The van der Waals surface area contributed by atoms with Crippen LogP contribution in [0, 0.1) is 13.8 Å². The first kappa shape index (κ1) is 20.0. The minimum Gasteiger partial charge on any atom is -0.371 e. The van der Waals surface area contributed by atoms with Crippen LogP contribution in [0.25, 0.3) is 0 Å². The first-order valence-corrected chi connectivity index (χ1v) is 11.0. The molecule has 2 aromatic rings. The van der Waals surface area contributed by atoms with E-state index >= 15 is 0 Å². The van der Waals surface area contributed by atoms with E-state index < -0.39 is 10.0 Å². The Morgan fingerprint density at radius 2 is 1.93 bits per heavy atom. The summed E-state index contributed by atoms with van der Waals surface area (Å²) in [6.45, 7) is 7.28. The molecule has 5 nitrogen and oxygen atoms in total. The van der Waals surface area contributed by atoms with Gasteiger partial charge in [0.2, 0.25) is 10.0 Å². The van der Waals surface area contributed by atoms with Gasteiger partial charge in [-0.25, -0.2) is 13.1 Å². The number of nitrogens with zero attached hydrogens (tertiary/aromatic N) is 1. The second kappa shape index (κ2) is 8.97. The summed E-state index contributed by atoms with van der Waals surface area (Å²) in [5, 5.41) is 0. The number of benzene rings is 2. The molecule has 146 valence electrons. The predicted octanol–water partition coefficient (Wildman–Crippen LogP) is 2.80. The fourth-order valence-electron chi connectivity index (χ4n) is 3.35. The van der Waals surface area contributed by atoms with Crippen molar-refractivity contribution in [1.29, 1.82) is 0 Å². The van der Waals surface area contributed by atoms with Crippen molar-refractivity contribution in [2.24, 2.45) is 0 Å². The molecule has 0 spiro atoms. The van der Waals surface area contributed by atoms with Crippen LogP contribution in [-0.4, -0.2) is 46.1 Å². The molecule has 0 amide bonds. The first-order valence-electron chi connectivity index (χ1n) is 9.35. The van der Waals surface area contributed by atoms with E-state index in [2.05, 4.69) is 21.8 Å². The third-order valence-electron chi connectivity index (χ3n) is 4.92. The van der Waals surface area contributed by atoms with Crippen LogP contribution in [0.3, 0.4) is 0 Å². The normalized spacial score (nSPS) is 18.5. The molecule has 0 saturated carbocycles. The minimum absolute atomic E-state index is 0.0241. The summed E-state index contributed by atoms with van der Waals surface area (Å²) in [5.41, 5.74) is 4.10. The largest absolute Gasteiger partial charge is 0.371 e. The smallest absolute Gasteiger partial charge is 0.215 e. The van der Waals surface area contributed by atoms with Crippen LogP contribution in [0.5, 0.6) is 0 Å². The number of nitrogens with one attached hydrogen (secondary N) is 1. The molecule has 1 unspecified atom stereocenters. The number of morpholine rings is 1. The molecule has 1 fully saturated rings. The van der Waals surface area contributed by atoms with Crippen LogP contribution in [0.4, 0.5) is 0 Å². The lowest BCUT2D eigenvalue weighted by Crippen LogP contribution is -2.42. The highest BCUT2D eigenvalue weighted by molar-refractivity contribution is 7.88. The van der Waals surface area contributed by atoms with E-state index in [1.165, 1.54) is 0 Å². The summed E-state index contributed by atoms with van der Waals surface area (Å²) >= 11 is 0. The Labute approximate surface area is 162 Å². The van der Waals surface area contributed by atoms with Crippen LogP contribution in [0.15, 0.2) is 48.5 Å². The van der Waals surface area contributed by atoms with Gasteiger partial charge in [0.25, 0.3) is 0 Å². The van der Waals surface area contributed by atoms with Gasteiger partial charge in [0.05, 0.1) is 18.5 Å². The Balaban J connectivity index is 1.50. The number of rotatable bonds is 7. The first-order chi connectivity index (χ1) is 12.9. The Hall–Kier alpha value is -1.73. The molecule has 3 rings (SSSR count). The fourth-order valence-corrected chi connectivity index (χ4v) is 4.57. The Morgan fingerprint density at radius 3 is 2.70 bits per heavy atom. The van der Waals surface area contributed by atoms with Gasteiger partial charge in [0, 0.05) is 26.2 Å². The fraction of sp³-hybridized carbons (Fsp3) is 0.429. The Kier molecular flexibility index (Phi) is 6.65. The van der Waals surface area contributed by atoms with Crippen molar-refractivity contribution in [3.8, 4) is 0 Å². The topological polar surface area (TPSA) is 58.6 Å². The van der Waals surface area contributed by atoms with Crippen molar-refractivity contribution < 1.29 is 13.2 Å². The molecular formula is C21H28N2O3S. The van der Waals surface area contributed by atoms with Crippen molar-refractivity contribution in [3.63, 3.8) is 0 Å². The van der Waals surface area contributed by atoms with Gasteiger partial charge in [-0.05, 0) is 30.5 Å². The molecule has 27 heavy (non-hydrogen) atoms. The summed E-state index contributed by atoms with van der Waals surface area (Å²) in [4.78, 5) is 2.25. The summed E-state index contributed by atoms with van der Waals surface area (Å²) in [7, 11) is -3.35. The predicted molar refractivity (Wildman–Crippen MR) is 108 cm³/mol. The minimum atomic E-state index is -3.35. The van der Waals surface area contributed by atoms with E-state index in [4.69, 9.17) is 4.74 Å². The summed E-state index contributed by atoms with van der Waals surface area (Å²) < 4.78 is 33.5. The lowest BCUT2D eigenvalue weighted by molar-refractivity contribution is -0.0291. The van der Waals surface area contributed by atoms with Crippen molar-refractivity contribution in [2.75, 3.05) is 32.8 Å². The molecule has 1 heterocycles. The maximum absolute atomic E-state index is 12.4. The number of hydrogen-bond donors (Lipinski definition) is 1. The van der Waals surface area contributed by atoms with Crippen LogP contribution < -0.4 is 4.72 Å². The number of aryl methyl sites for hydroxylation is 2. The molecular weight excluding hydrogens is 360 g/mol. The van der Waals surface area contributed by atoms with E-state index in [-0.39, 0.29) is 11.9 Å². The highest BCUT2D eigenvalue weighted by atomic mass is 32.2. The van der Waals surface area contributed by atoms with Gasteiger partial charge in [0.15, 0.2) is 0 Å². The van der Waals surface area contributed by atoms with Crippen LogP contribution in [-0.2, 0) is 20.5 Å². The van der Waals surface area contributed by atoms with Crippen molar-refractivity contribution in [2.45, 2.75) is 25.7 Å². The van der Waals surface area contributed by atoms with Crippen LogP contribution in [0.1, 0.15) is 28.4 Å². The average molecular weight is 389 g/mol. The number of hydrogen-bond acceptors (Lipinski definition) is 4. The zero-order valence-corrected chi connectivity index (χ0v) is 16.8. The van der Waals surface area contributed by atoms with Gasteiger partial charge in [-0.1, -0.05) is 54.1 Å². The molecule has 6 heteroatoms. The van der Waals surface area contributed by atoms with Crippen LogP contribution >= 0.6 is 0 Å². The third-order valence-corrected chi connectivity index (χ3v) is 6.26. The van der Waals surface area contributed by atoms with E-state index in [1.54, 1.807) is 0 Å². The quantitative estimate of drug-likeness (QED) is 0.792. The summed E-state index contributed by atoms with van der Waals surface area (Å²) in [5.74, 6) is 0.0241. The van der Waals surface area contributed by atoms with E-state index in [9.17, 15) is 8.42 Å². The molecule has 1 aliphatic heterocycles. The van der Waals surface area contributed by atoms with Crippen molar-refractivity contribution >= 4 is 10.0 Å². The highest BCUT2D eigenvalue weighted by Crippen LogP contribution is 2.21. The van der Waals surface area contributed by atoms with Crippen molar-refractivity contribution in [3.05, 3.63) is 70.8 Å². The molecule has 0 bridgehead atoms. The average Bonchev–Trinajstić information content (AvgIpc) is 2.65. The molecule has 1 atom stereocenters. The maximum atomic E-state index is 12.4. The lowest BCUT2D eigenvalue weighted by atomic mass is 10.1. The zero-order chi connectivity index (χ0) is 19.3. The summed E-state index contributed by atoms with van der Waals surface area (Å²) in [6, 6.07) is 16.1. The third kappa shape index (κ3) is 5.87. The molecule has 1 aliphatic rings. The van der Waals surface area contributed by atoms with Crippen molar-refractivity contribution in [1.82, 2.24) is 9.62 Å². The Bertz CT molecular complexity index is 853. The second-order valence-corrected chi connectivity index (χ2v) is 8.96. The van der Waals surface area contributed by atoms with Gasteiger partial charge >= 0.3 is 0 Å². The summed E-state index contributed by atoms with van der Waals surface area (Å²) in [6.07, 6.45) is 0.0477. The van der Waals surface area contributed by atoms with Gasteiger partial charge in [-0.2, -0.15) is 0 Å². The van der Waals surface area contributed by atoms with E-state index in [1.807, 2.05) is 50.2 Å². The second-order valence-electron chi connectivity index (χ2n) is 7.15. The zero-order valence-electron chi connectivity index (χ0n) is 16.0. The Morgan fingerprint density at radius 1 is 1.15 bits per heavy atom. The monoisotopic (exact) mass is 388 g/mol. The van der Waals surface area contributed by atoms with Crippen LogP contribution in [0.2, 0.25) is 0 Å². The SMILES string of the molecule is Cc1ccc(C)c(CS(=O)(=O)NCCN2CCOC(c3ccccc3)C2)c1.